The van der Waals surface area contributed by atoms with E-state index < -0.39 is 35.7 Å². The van der Waals surface area contributed by atoms with Crippen molar-refractivity contribution in [2.24, 2.45) is 17.8 Å². The lowest BCUT2D eigenvalue weighted by Gasteiger charge is -2.02. The highest BCUT2D eigenvalue weighted by Gasteiger charge is 2.52. The summed E-state index contributed by atoms with van der Waals surface area (Å²) in [5, 5.41) is 8.68. The van der Waals surface area contributed by atoms with Crippen molar-refractivity contribution >= 4 is 17.9 Å². The summed E-state index contributed by atoms with van der Waals surface area (Å²) in [5.41, 5.74) is 0. The number of aliphatic carboxylic acids is 1. The van der Waals surface area contributed by atoms with Gasteiger partial charge in [0.25, 0.3) is 0 Å². The molecule has 2 fully saturated rings. The molecule has 0 aromatic heterocycles. The molecule has 0 bridgehead atoms. The second-order valence-corrected chi connectivity index (χ2v) is 3.46. The van der Waals surface area contributed by atoms with Crippen molar-refractivity contribution in [2.75, 3.05) is 0 Å². The van der Waals surface area contributed by atoms with E-state index in [0.717, 1.165) is 0 Å². The van der Waals surface area contributed by atoms with Crippen molar-refractivity contribution in [3.63, 3.8) is 0 Å². The molecule has 2 rings (SSSR count). The normalized spacial score (nSPS) is 37.4. The van der Waals surface area contributed by atoms with Crippen molar-refractivity contribution in [3.8, 4) is 0 Å². The summed E-state index contributed by atoms with van der Waals surface area (Å²) in [6, 6.07) is 0. The SMILES string of the molecule is O=C(O)C1CC2C(=O)OC(=O)C2C1. The van der Waals surface area contributed by atoms with Gasteiger partial charge in [-0.15, -0.1) is 0 Å². The Balaban J connectivity index is 2.17. The van der Waals surface area contributed by atoms with E-state index in [0.29, 0.717) is 0 Å². The van der Waals surface area contributed by atoms with Gasteiger partial charge in [0.2, 0.25) is 0 Å². The predicted octanol–water partition coefficient (Wildman–Crippen LogP) is -0.203. The Morgan fingerprint density at radius 1 is 1.23 bits per heavy atom. The van der Waals surface area contributed by atoms with Crippen molar-refractivity contribution in [1.82, 2.24) is 0 Å². The molecule has 2 aliphatic rings. The summed E-state index contributed by atoms with van der Waals surface area (Å²) in [4.78, 5) is 32.6. The minimum absolute atomic E-state index is 0.241. The lowest BCUT2D eigenvalue weighted by molar-refractivity contribution is -0.154. The standard InChI is InChI=1S/C8H8O5/c9-6(10)3-1-4-5(2-3)8(12)13-7(4)11/h3-5H,1-2H2,(H,9,10). The molecule has 0 aromatic rings. The van der Waals surface area contributed by atoms with E-state index in [-0.39, 0.29) is 12.8 Å². The third-order valence-corrected chi connectivity index (χ3v) is 2.72. The van der Waals surface area contributed by atoms with Crippen LogP contribution in [0, 0.1) is 17.8 Å². The lowest BCUT2D eigenvalue weighted by Crippen LogP contribution is -2.14. The molecule has 1 heterocycles. The Kier molecular flexibility index (Phi) is 1.61. The van der Waals surface area contributed by atoms with Crippen LogP contribution in [0.2, 0.25) is 0 Å². The molecule has 1 saturated carbocycles. The molecule has 70 valence electrons. The van der Waals surface area contributed by atoms with Crippen molar-refractivity contribution in [1.29, 1.82) is 0 Å². The predicted molar refractivity (Wildman–Crippen MR) is 38.4 cm³/mol. The van der Waals surface area contributed by atoms with E-state index >= 15 is 0 Å². The molecular weight excluding hydrogens is 176 g/mol. The Morgan fingerprint density at radius 3 is 2.08 bits per heavy atom. The number of hydrogen-bond donors (Lipinski definition) is 1. The summed E-state index contributed by atoms with van der Waals surface area (Å²) >= 11 is 0. The van der Waals surface area contributed by atoms with E-state index in [9.17, 15) is 14.4 Å². The number of ether oxygens (including phenoxy) is 1. The minimum atomic E-state index is -0.935. The van der Waals surface area contributed by atoms with Crippen molar-refractivity contribution in [3.05, 3.63) is 0 Å². The number of cyclic esters (lactones) is 2. The monoisotopic (exact) mass is 184 g/mol. The van der Waals surface area contributed by atoms with E-state index in [1.165, 1.54) is 0 Å². The molecule has 1 saturated heterocycles. The number of rotatable bonds is 1. The van der Waals surface area contributed by atoms with Gasteiger partial charge in [-0.1, -0.05) is 0 Å². The van der Waals surface area contributed by atoms with Gasteiger partial charge in [-0.25, -0.2) is 0 Å². The van der Waals surface area contributed by atoms with Gasteiger partial charge in [0.05, 0.1) is 17.8 Å². The Bertz CT molecular complexity index is 273. The van der Waals surface area contributed by atoms with Gasteiger partial charge in [0, 0.05) is 0 Å². The van der Waals surface area contributed by atoms with E-state index in [1.54, 1.807) is 0 Å². The molecule has 0 spiro atoms. The molecule has 0 radical (unpaired) electrons. The molecule has 2 unspecified atom stereocenters. The first-order valence-electron chi connectivity index (χ1n) is 4.08. The maximum Gasteiger partial charge on any atom is 0.317 e. The fraction of sp³-hybridized carbons (Fsp3) is 0.625. The third-order valence-electron chi connectivity index (χ3n) is 2.72. The van der Waals surface area contributed by atoms with Crippen LogP contribution in [0.15, 0.2) is 0 Å². The molecule has 0 aromatic carbocycles. The Labute approximate surface area is 73.7 Å². The van der Waals surface area contributed by atoms with Gasteiger partial charge in [0.15, 0.2) is 0 Å². The highest BCUT2D eigenvalue weighted by molar-refractivity contribution is 5.97. The number of carbonyl (C=O) groups is 3. The lowest BCUT2D eigenvalue weighted by atomic mass is 10.00. The third kappa shape index (κ3) is 1.11. The number of fused-ring (bicyclic) bond motifs is 1. The van der Waals surface area contributed by atoms with Crippen LogP contribution in [0.4, 0.5) is 0 Å². The van der Waals surface area contributed by atoms with Gasteiger partial charge < -0.3 is 9.84 Å². The molecule has 13 heavy (non-hydrogen) atoms. The average molecular weight is 184 g/mol. The number of hydrogen-bond acceptors (Lipinski definition) is 4. The molecule has 5 heteroatoms. The van der Waals surface area contributed by atoms with Crippen LogP contribution >= 0.6 is 0 Å². The molecule has 0 amide bonds. The van der Waals surface area contributed by atoms with Gasteiger partial charge in [-0.3, -0.25) is 14.4 Å². The summed E-state index contributed by atoms with van der Waals surface area (Å²) in [5.74, 6) is -3.62. The van der Waals surface area contributed by atoms with Crippen LogP contribution in [0.25, 0.3) is 0 Å². The van der Waals surface area contributed by atoms with Crippen LogP contribution < -0.4 is 0 Å². The van der Waals surface area contributed by atoms with Crippen LogP contribution in [-0.4, -0.2) is 23.0 Å². The van der Waals surface area contributed by atoms with Crippen LogP contribution in [0.1, 0.15) is 12.8 Å². The largest absolute Gasteiger partial charge is 0.481 e. The van der Waals surface area contributed by atoms with Gasteiger partial charge >= 0.3 is 17.9 Å². The van der Waals surface area contributed by atoms with Gasteiger partial charge in [-0.2, -0.15) is 0 Å². The minimum Gasteiger partial charge on any atom is -0.481 e. The highest BCUT2D eigenvalue weighted by Crippen LogP contribution is 2.41. The number of carbonyl (C=O) groups excluding carboxylic acids is 2. The van der Waals surface area contributed by atoms with Gasteiger partial charge in [0.1, 0.15) is 0 Å². The zero-order valence-electron chi connectivity index (χ0n) is 6.73. The van der Waals surface area contributed by atoms with Crippen LogP contribution in [0.3, 0.4) is 0 Å². The highest BCUT2D eigenvalue weighted by atomic mass is 16.6. The first-order valence-corrected chi connectivity index (χ1v) is 4.08. The quantitative estimate of drug-likeness (QED) is 0.450. The van der Waals surface area contributed by atoms with E-state index in [2.05, 4.69) is 4.74 Å². The van der Waals surface area contributed by atoms with Crippen LogP contribution in [-0.2, 0) is 19.1 Å². The summed E-state index contributed by atoms with van der Waals surface area (Å²) in [6.07, 6.45) is 0.481. The molecule has 1 N–H and O–H groups in total. The van der Waals surface area contributed by atoms with Crippen LogP contribution in [0.5, 0.6) is 0 Å². The molecule has 5 nitrogen and oxygen atoms in total. The molecule has 1 aliphatic heterocycles. The second-order valence-electron chi connectivity index (χ2n) is 3.46. The number of carboxylic acids is 1. The molecular formula is C8H8O5. The first-order chi connectivity index (χ1) is 6.09. The first kappa shape index (κ1) is 8.22. The maximum atomic E-state index is 11.0. The fourth-order valence-corrected chi connectivity index (χ4v) is 2.01. The zero-order chi connectivity index (χ0) is 9.59. The van der Waals surface area contributed by atoms with Crippen molar-refractivity contribution in [2.45, 2.75) is 12.8 Å². The number of esters is 2. The molecule has 2 atom stereocenters. The Hall–Kier alpha value is -1.39. The summed E-state index contributed by atoms with van der Waals surface area (Å²) in [7, 11) is 0. The topological polar surface area (TPSA) is 80.7 Å². The summed E-state index contributed by atoms with van der Waals surface area (Å²) in [6.45, 7) is 0. The fourth-order valence-electron chi connectivity index (χ4n) is 2.01. The maximum absolute atomic E-state index is 11.0. The van der Waals surface area contributed by atoms with Crippen molar-refractivity contribution < 1.29 is 24.2 Å². The smallest absolute Gasteiger partial charge is 0.317 e. The van der Waals surface area contributed by atoms with E-state index in [1.807, 2.05) is 0 Å². The second kappa shape index (κ2) is 2.55. The Morgan fingerprint density at radius 2 is 1.69 bits per heavy atom. The number of carboxylic acid groups (broad SMARTS) is 1. The van der Waals surface area contributed by atoms with E-state index in [4.69, 9.17) is 5.11 Å². The van der Waals surface area contributed by atoms with Gasteiger partial charge in [-0.05, 0) is 12.8 Å². The molecule has 1 aliphatic carbocycles. The zero-order valence-corrected chi connectivity index (χ0v) is 6.73. The summed E-state index contributed by atoms with van der Waals surface area (Å²) < 4.78 is 4.39. The average Bonchev–Trinajstić information content (AvgIpc) is 2.55.